The number of ether oxygens (including phenoxy) is 1. The lowest BCUT2D eigenvalue weighted by molar-refractivity contribution is -0.121. The van der Waals surface area contributed by atoms with Gasteiger partial charge < -0.3 is 4.74 Å². The van der Waals surface area contributed by atoms with Crippen molar-refractivity contribution in [3.05, 3.63) is 59.4 Å². The molecule has 0 unspecified atom stereocenters. The van der Waals surface area contributed by atoms with Crippen molar-refractivity contribution in [2.45, 2.75) is 11.8 Å². The summed E-state index contributed by atoms with van der Waals surface area (Å²) in [5, 5.41) is 3.73. The molecule has 9 heteroatoms. The van der Waals surface area contributed by atoms with Gasteiger partial charge in [0.15, 0.2) is 0 Å². The molecule has 1 amide bonds. The summed E-state index contributed by atoms with van der Waals surface area (Å²) in [7, 11) is -1.04. The fourth-order valence-corrected chi connectivity index (χ4v) is 3.45. The number of sulfonamides is 1. The lowest BCUT2D eigenvalue weighted by Gasteiger charge is -2.17. The minimum atomic E-state index is -3.84. The predicted octanol–water partition coefficient (Wildman–Crippen LogP) is 1.91. The van der Waals surface area contributed by atoms with Gasteiger partial charge in [0.05, 0.1) is 24.8 Å². The number of amides is 1. The first-order valence-corrected chi connectivity index (χ1v) is 9.36. The summed E-state index contributed by atoms with van der Waals surface area (Å²) in [6, 6.07) is 9.97. The van der Waals surface area contributed by atoms with Crippen molar-refractivity contribution in [3.8, 4) is 5.75 Å². The molecule has 0 saturated carbocycles. The lowest BCUT2D eigenvalue weighted by Crippen LogP contribution is -2.36. The Hall–Kier alpha value is -2.78. The third-order valence-electron chi connectivity index (χ3n) is 3.71. The minimum Gasteiger partial charge on any atom is -0.496 e. The van der Waals surface area contributed by atoms with E-state index in [9.17, 15) is 17.6 Å². The van der Waals surface area contributed by atoms with Crippen LogP contribution in [-0.2, 0) is 14.8 Å². The molecular formula is C18H20FN3O4S. The Labute approximate surface area is 157 Å². The van der Waals surface area contributed by atoms with Gasteiger partial charge in [-0.05, 0) is 48.4 Å². The lowest BCUT2D eigenvalue weighted by atomic mass is 10.2. The van der Waals surface area contributed by atoms with Crippen molar-refractivity contribution >= 4 is 22.1 Å². The van der Waals surface area contributed by atoms with Crippen LogP contribution in [0.3, 0.4) is 0 Å². The second-order valence-electron chi connectivity index (χ2n) is 5.74. The van der Waals surface area contributed by atoms with Gasteiger partial charge in [-0.15, -0.1) is 0 Å². The normalized spacial score (nSPS) is 11.7. The predicted molar refractivity (Wildman–Crippen MR) is 99.7 cm³/mol. The van der Waals surface area contributed by atoms with Gasteiger partial charge in [0.2, 0.25) is 10.0 Å². The molecule has 2 aromatic rings. The SMILES string of the molecule is COc1ccc(S(=O)(=O)N(C)CC(=O)N/N=C\c2ccc(F)cc2)cc1C. The van der Waals surface area contributed by atoms with Crippen LogP contribution in [0, 0.1) is 12.7 Å². The van der Waals surface area contributed by atoms with Crippen LogP contribution >= 0.6 is 0 Å². The van der Waals surface area contributed by atoms with Crippen LogP contribution in [0.2, 0.25) is 0 Å². The number of methoxy groups -OCH3 is 1. The summed E-state index contributed by atoms with van der Waals surface area (Å²) < 4.78 is 44.0. The van der Waals surface area contributed by atoms with E-state index in [-0.39, 0.29) is 10.7 Å². The average molecular weight is 393 g/mol. The Balaban J connectivity index is 2.00. The summed E-state index contributed by atoms with van der Waals surface area (Å²) in [4.78, 5) is 12.0. The maximum atomic E-state index is 12.8. The molecule has 0 radical (unpaired) electrons. The number of aryl methyl sites for hydroxylation is 1. The van der Waals surface area contributed by atoms with E-state index in [1.54, 1.807) is 13.0 Å². The molecule has 27 heavy (non-hydrogen) atoms. The van der Waals surface area contributed by atoms with Crippen LogP contribution in [0.25, 0.3) is 0 Å². The Morgan fingerprint density at radius 2 is 1.93 bits per heavy atom. The van der Waals surface area contributed by atoms with Crippen molar-refractivity contribution < 1.29 is 22.3 Å². The molecule has 1 N–H and O–H groups in total. The number of halogens is 1. The third-order valence-corrected chi connectivity index (χ3v) is 5.51. The number of carbonyl (C=O) groups is 1. The highest BCUT2D eigenvalue weighted by molar-refractivity contribution is 7.89. The van der Waals surface area contributed by atoms with Crippen molar-refractivity contribution in [2.24, 2.45) is 5.10 Å². The molecule has 0 fully saturated rings. The molecule has 0 saturated heterocycles. The van der Waals surface area contributed by atoms with Crippen LogP contribution in [0.15, 0.2) is 52.5 Å². The molecule has 0 spiro atoms. The first-order valence-electron chi connectivity index (χ1n) is 7.92. The van der Waals surface area contributed by atoms with Crippen molar-refractivity contribution in [3.63, 3.8) is 0 Å². The van der Waals surface area contributed by atoms with Crippen molar-refractivity contribution in [1.82, 2.24) is 9.73 Å². The summed E-state index contributed by atoms with van der Waals surface area (Å²) in [6.45, 7) is 1.32. The number of benzene rings is 2. The van der Waals surface area contributed by atoms with Gasteiger partial charge in [-0.2, -0.15) is 9.41 Å². The van der Waals surface area contributed by atoms with E-state index < -0.39 is 22.5 Å². The summed E-state index contributed by atoms with van der Waals surface area (Å²) in [5.41, 5.74) is 3.50. The largest absolute Gasteiger partial charge is 0.496 e. The number of hydrogen-bond acceptors (Lipinski definition) is 5. The number of hydrazone groups is 1. The van der Waals surface area contributed by atoms with E-state index in [2.05, 4.69) is 10.5 Å². The highest BCUT2D eigenvalue weighted by Gasteiger charge is 2.23. The van der Waals surface area contributed by atoms with Gasteiger partial charge in [-0.3, -0.25) is 4.79 Å². The first-order chi connectivity index (χ1) is 12.7. The molecule has 0 bridgehead atoms. The van der Waals surface area contributed by atoms with Crippen molar-refractivity contribution in [1.29, 1.82) is 0 Å². The van der Waals surface area contributed by atoms with Gasteiger partial charge in [-0.25, -0.2) is 18.2 Å². The summed E-state index contributed by atoms with van der Waals surface area (Å²) in [5.74, 6) is -0.411. The van der Waals surface area contributed by atoms with E-state index in [1.807, 2.05) is 0 Å². The molecule has 144 valence electrons. The molecular weight excluding hydrogens is 373 g/mol. The fraction of sp³-hybridized carbons (Fsp3) is 0.222. The molecule has 7 nitrogen and oxygen atoms in total. The first kappa shape index (κ1) is 20.5. The molecule has 2 rings (SSSR count). The third kappa shape index (κ3) is 5.35. The maximum Gasteiger partial charge on any atom is 0.255 e. The van der Waals surface area contributed by atoms with Crippen LogP contribution in [0.1, 0.15) is 11.1 Å². The Morgan fingerprint density at radius 1 is 1.26 bits per heavy atom. The monoisotopic (exact) mass is 393 g/mol. The molecule has 0 heterocycles. The number of nitrogens with zero attached hydrogens (tertiary/aromatic N) is 2. The second kappa shape index (κ2) is 8.74. The maximum absolute atomic E-state index is 12.8. The minimum absolute atomic E-state index is 0.0610. The fourth-order valence-electron chi connectivity index (χ4n) is 2.24. The number of hydrogen-bond donors (Lipinski definition) is 1. The summed E-state index contributed by atoms with van der Waals surface area (Å²) in [6.07, 6.45) is 1.33. The Bertz CT molecular complexity index is 944. The van der Waals surface area contributed by atoms with E-state index in [0.717, 1.165) is 4.31 Å². The van der Waals surface area contributed by atoms with Gasteiger partial charge in [0, 0.05) is 7.05 Å². The quantitative estimate of drug-likeness (QED) is 0.575. The number of rotatable bonds is 7. The Kier molecular flexibility index (Phi) is 6.65. The van der Waals surface area contributed by atoms with Gasteiger partial charge >= 0.3 is 0 Å². The molecule has 0 aliphatic carbocycles. The molecule has 0 atom stereocenters. The smallest absolute Gasteiger partial charge is 0.255 e. The van der Waals surface area contributed by atoms with Crippen LogP contribution in [0.4, 0.5) is 4.39 Å². The molecule has 0 aromatic heterocycles. The van der Waals surface area contributed by atoms with E-state index >= 15 is 0 Å². The van der Waals surface area contributed by atoms with Gasteiger partial charge in [-0.1, -0.05) is 12.1 Å². The number of nitrogens with one attached hydrogen (secondary N) is 1. The topological polar surface area (TPSA) is 88.1 Å². The zero-order valence-electron chi connectivity index (χ0n) is 15.1. The standard InChI is InChI=1S/C18H20FN3O4S/c1-13-10-16(8-9-17(13)26-3)27(24,25)22(2)12-18(23)21-20-11-14-4-6-15(19)7-5-14/h4-11H,12H2,1-3H3,(H,21,23)/b20-11-. The molecule has 0 aliphatic heterocycles. The molecule has 2 aromatic carbocycles. The zero-order valence-corrected chi connectivity index (χ0v) is 16.0. The average Bonchev–Trinajstić information content (AvgIpc) is 2.63. The van der Waals surface area contributed by atoms with E-state index in [1.165, 1.54) is 56.8 Å². The Morgan fingerprint density at radius 3 is 2.52 bits per heavy atom. The van der Waals surface area contributed by atoms with Gasteiger partial charge in [0.25, 0.3) is 5.91 Å². The van der Waals surface area contributed by atoms with Crippen LogP contribution in [-0.4, -0.2) is 45.5 Å². The van der Waals surface area contributed by atoms with E-state index in [4.69, 9.17) is 4.74 Å². The highest BCUT2D eigenvalue weighted by atomic mass is 32.2. The highest BCUT2D eigenvalue weighted by Crippen LogP contribution is 2.23. The number of carbonyl (C=O) groups excluding carboxylic acids is 1. The van der Waals surface area contributed by atoms with Gasteiger partial charge in [0.1, 0.15) is 11.6 Å². The van der Waals surface area contributed by atoms with Crippen LogP contribution < -0.4 is 10.2 Å². The zero-order chi connectivity index (χ0) is 20.0. The van der Waals surface area contributed by atoms with Crippen LogP contribution in [0.5, 0.6) is 5.75 Å². The van der Waals surface area contributed by atoms with E-state index in [0.29, 0.717) is 16.9 Å². The van der Waals surface area contributed by atoms with Crippen molar-refractivity contribution in [2.75, 3.05) is 20.7 Å². The summed E-state index contributed by atoms with van der Waals surface area (Å²) >= 11 is 0. The number of likely N-dealkylation sites (N-methyl/N-ethyl adjacent to an activating group) is 1. The molecule has 0 aliphatic rings. The second-order valence-corrected chi connectivity index (χ2v) is 7.78.